The summed E-state index contributed by atoms with van der Waals surface area (Å²) < 4.78 is 6.55. The molecule has 3 heterocycles. The van der Waals surface area contributed by atoms with Crippen LogP contribution in [0.25, 0.3) is 22.3 Å². The fraction of sp³-hybridized carbons (Fsp3) is 0.0800. The maximum absolute atomic E-state index is 12.0. The predicted molar refractivity (Wildman–Crippen MR) is 132 cm³/mol. The van der Waals surface area contributed by atoms with Gasteiger partial charge in [-0.05, 0) is 52.4 Å². The van der Waals surface area contributed by atoms with Crippen LogP contribution in [0.2, 0.25) is 5.02 Å². The number of tetrazole rings is 1. The minimum absolute atomic E-state index is 0.405. The van der Waals surface area contributed by atoms with Crippen molar-refractivity contribution in [3.05, 3.63) is 100 Å². The van der Waals surface area contributed by atoms with Crippen LogP contribution in [0.1, 0.15) is 33.4 Å². The van der Waals surface area contributed by atoms with Gasteiger partial charge in [-0.15, -0.1) is 0 Å². The molecule has 172 valence electrons. The molecule has 0 fully saturated rings. The van der Waals surface area contributed by atoms with Crippen molar-refractivity contribution >= 4 is 45.8 Å². The van der Waals surface area contributed by atoms with Crippen molar-refractivity contribution in [2.45, 2.75) is 6.04 Å². The van der Waals surface area contributed by atoms with Crippen LogP contribution >= 0.6 is 11.6 Å². The van der Waals surface area contributed by atoms with Gasteiger partial charge in [0.25, 0.3) is 0 Å². The molecule has 0 bridgehead atoms. The molecule has 0 saturated carbocycles. The third kappa shape index (κ3) is 3.62. The molecule has 0 radical (unpaired) electrons. The molecular formula is C25H18ClN7O2. The molecule has 35 heavy (non-hydrogen) atoms. The Labute approximate surface area is 204 Å². The fourth-order valence-corrected chi connectivity index (χ4v) is 4.51. The maximum atomic E-state index is 12.0. The molecular weight excluding hydrogens is 466 g/mol. The van der Waals surface area contributed by atoms with Crippen LogP contribution in [-0.4, -0.2) is 43.3 Å². The molecule has 9 nitrogen and oxygen atoms in total. The summed E-state index contributed by atoms with van der Waals surface area (Å²) in [6.07, 6.45) is 0. The van der Waals surface area contributed by atoms with Crippen LogP contribution in [0, 0.1) is 0 Å². The Morgan fingerprint density at radius 3 is 2.66 bits per heavy atom. The van der Waals surface area contributed by atoms with E-state index in [0.29, 0.717) is 22.4 Å². The average molecular weight is 484 g/mol. The summed E-state index contributed by atoms with van der Waals surface area (Å²) >= 11 is 6.35. The number of rotatable bonds is 4. The Morgan fingerprint density at radius 1 is 1.06 bits per heavy atom. The van der Waals surface area contributed by atoms with Crippen molar-refractivity contribution in [3.8, 4) is 0 Å². The number of carbonyl (C=O) groups excluding carboxylic acids is 1. The first-order valence-electron chi connectivity index (χ1n) is 10.8. The van der Waals surface area contributed by atoms with Gasteiger partial charge in [-0.3, -0.25) is 0 Å². The standard InChI is InChI=1S/C25H18ClN7O2/c1-35-24(34)15-11-9-14(10-12-15)22-20(23-27-18-7-2-3-8-19(18)28-23)21(16-5-4-6-17(26)13-16)29-25-30-31-32-33(22)25/h2-13,22H,1H3,(H,27,28)(H,29,30,32)/t22-/m1/s1. The molecule has 0 saturated heterocycles. The van der Waals surface area contributed by atoms with Gasteiger partial charge < -0.3 is 15.0 Å². The van der Waals surface area contributed by atoms with Crippen LogP contribution in [0.3, 0.4) is 0 Å². The monoisotopic (exact) mass is 483 g/mol. The van der Waals surface area contributed by atoms with Gasteiger partial charge in [0.2, 0.25) is 5.95 Å². The highest BCUT2D eigenvalue weighted by Crippen LogP contribution is 2.43. The number of allylic oxidation sites excluding steroid dienone is 1. The van der Waals surface area contributed by atoms with Gasteiger partial charge >= 0.3 is 5.97 Å². The molecule has 0 aliphatic carbocycles. The number of carbonyl (C=O) groups is 1. The lowest BCUT2D eigenvalue weighted by Gasteiger charge is -2.29. The van der Waals surface area contributed by atoms with E-state index in [9.17, 15) is 4.79 Å². The van der Waals surface area contributed by atoms with Gasteiger partial charge in [-0.25, -0.2) is 9.78 Å². The van der Waals surface area contributed by atoms with Crippen LogP contribution in [-0.2, 0) is 4.74 Å². The zero-order valence-electron chi connectivity index (χ0n) is 18.4. The number of imidazole rings is 1. The number of hydrogen-bond donors (Lipinski definition) is 2. The highest BCUT2D eigenvalue weighted by atomic mass is 35.5. The topological polar surface area (TPSA) is 111 Å². The number of aromatic amines is 1. The molecule has 1 aliphatic rings. The zero-order chi connectivity index (χ0) is 23.9. The van der Waals surface area contributed by atoms with Gasteiger partial charge in [-0.1, -0.05) is 53.1 Å². The Bertz CT molecular complexity index is 1570. The lowest BCUT2D eigenvalue weighted by atomic mass is 9.92. The number of methoxy groups -OCH3 is 1. The Hall–Kier alpha value is -4.50. The molecule has 2 aromatic heterocycles. The second kappa shape index (κ2) is 8.37. The highest BCUT2D eigenvalue weighted by molar-refractivity contribution is 6.30. The highest BCUT2D eigenvalue weighted by Gasteiger charge is 2.34. The summed E-state index contributed by atoms with van der Waals surface area (Å²) in [5.41, 5.74) is 5.52. The number of hydrogen-bond acceptors (Lipinski definition) is 7. The summed E-state index contributed by atoms with van der Waals surface area (Å²) in [7, 11) is 1.36. The Kier molecular flexibility index (Phi) is 5.04. The lowest BCUT2D eigenvalue weighted by Crippen LogP contribution is -2.25. The van der Waals surface area contributed by atoms with E-state index in [2.05, 4.69) is 25.8 Å². The first-order valence-corrected chi connectivity index (χ1v) is 11.2. The van der Waals surface area contributed by atoms with Crippen LogP contribution in [0.5, 0.6) is 0 Å². The number of para-hydroxylation sites is 2. The smallest absolute Gasteiger partial charge is 0.337 e. The van der Waals surface area contributed by atoms with E-state index in [1.54, 1.807) is 16.8 Å². The quantitative estimate of drug-likeness (QED) is 0.360. The molecule has 10 heteroatoms. The van der Waals surface area contributed by atoms with Gasteiger partial charge in [0.15, 0.2) is 0 Å². The van der Waals surface area contributed by atoms with E-state index < -0.39 is 12.0 Å². The summed E-state index contributed by atoms with van der Waals surface area (Å²) in [5, 5.41) is 16.3. The second-order valence-corrected chi connectivity index (χ2v) is 8.43. The largest absolute Gasteiger partial charge is 0.465 e. The summed E-state index contributed by atoms with van der Waals surface area (Å²) in [6, 6.07) is 22.1. The minimum Gasteiger partial charge on any atom is -0.465 e. The number of H-pyrrole nitrogens is 1. The number of esters is 1. The first-order chi connectivity index (χ1) is 17.1. The fourth-order valence-electron chi connectivity index (χ4n) is 4.32. The molecule has 0 spiro atoms. The number of fused-ring (bicyclic) bond motifs is 2. The van der Waals surface area contributed by atoms with Crippen molar-refractivity contribution in [2.75, 3.05) is 12.4 Å². The third-order valence-corrected chi connectivity index (χ3v) is 6.16. The van der Waals surface area contributed by atoms with Crippen LogP contribution < -0.4 is 5.32 Å². The number of benzene rings is 3. The number of ether oxygens (including phenoxy) is 1. The van der Waals surface area contributed by atoms with E-state index >= 15 is 0 Å². The molecule has 3 aromatic carbocycles. The van der Waals surface area contributed by atoms with E-state index in [1.165, 1.54) is 7.11 Å². The van der Waals surface area contributed by atoms with Gasteiger partial charge in [0, 0.05) is 16.2 Å². The van der Waals surface area contributed by atoms with Gasteiger partial charge in [0.1, 0.15) is 11.9 Å². The van der Waals surface area contributed by atoms with E-state index in [1.807, 2.05) is 60.7 Å². The number of aromatic nitrogens is 6. The van der Waals surface area contributed by atoms with Crippen molar-refractivity contribution < 1.29 is 9.53 Å². The molecule has 0 unspecified atom stereocenters. The van der Waals surface area contributed by atoms with E-state index in [0.717, 1.165) is 33.4 Å². The molecule has 5 aromatic rings. The third-order valence-electron chi connectivity index (χ3n) is 5.92. The SMILES string of the molecule is COC(=O)c1ccc([C@@H]2C(c3nc4ccccc4[nH]3)=C(c3cccc(Cl)c3)Nc3nnnn32)cc1. The maximum Gasteiger partial charge on any atom is 0.337 e. The number of nitrogens with zero attached hydrogens (tertiary/aromatic N) is 5. The minimum atomic E-state index is -0.442. The second-order valence-electron chi connectivity index (χ2n) is 7.99. The summed E-state index contributed by atoms with van der Waals surface area (Å²) in [4.78, 5) is 20.3. The number of halogens is 1. The first kappa shape index (κ1) is 21.1. The molecule has 1 aliphatic heterocycles. The van der Waals surface area contributed by atoms with Crippen molar-refractivity contribution in [2.24, 2.45) is 0 Å². The van der Waals surface area contributed by atoms with Crippen molar-refractivity contribution in [1.29, 1.82) is 0 Å². The molecule has 1 atom stereocenters. The molecule has 0 amide bonds. The number of anilines is 1. The van der Waals surface area contributed by atoms with Gasteiger partial charge in [-0.2, -0.15) is 4.68 Å². The van der Waals surface area contributed by atoms with Crippen molar-refractivity contribution in [3.63, 3.8) is 0 Å². The average Bonchev–Trinajstić information content (AvgIpc) is 3.54. The molecule has 2 N–H and O–H groups in total. The summed E-state index contributed by atoms with van der Waals surface area (Å²) in [5.74, 6) is 0.733. The van der Waals surface area contributed by atoms with Crippen molar-refractivity contribution in [1.82, 2.24) is 30.2 Å². The lowest BCUT2D eigenvalue weighted by molar-refractivity contribution is 0.0600. The van der Waals surface area contributed by atoms with Crippen LogP contribution in [0.4, 0.5) is 5.95 Å². The predicted octanol–water partition coefficient (Wildman–Crippen LogP) is 4.57. The normalized spacial score (nSPS) is 15.1. The molecule has 6 rings (SSSR count). The van der Waals surface area contributed by atoms with Crippen LogP contribution in [0.15, 0.2) is 72.8 Å². The number of nitrogens with one attached hydrogen (secondary N) is 2. The van der Waals surface area contributed by atoms with E-state index in [4.69, 9.17) is 21.3 Å². The zero-order valence-corrected chi connectivity index (χ0v) is 19.2. The Balaban J connectivity index is 1.61. The van der Waals surface area contributed by atoms with Gasteiger partial charge in [0.05, 0.1) is 29.4 Å². The Morgan fingerprint density at radius 2 is 1.89 bits per heavy atom. The summed E-state index contributed by atoms with van der Waals surface area (Å²) in [6.45, 7) is 0. The van der Waals surface area contributed by atoms with E-state index in [-0.39, 0.29) is 0 Å².